The molecule has 1 fully saturated rings. The molecule has 0 amide bonds. The van der Waals surface area contributed by atoms with Crippen LogP contribution >= 0.6 is 0 Å². The molecule has 3 heteroatoms. The quantitative estimate of drug-likeness (QED) is 0.853. The second-order valence-electron chi connectivity index (χ2n) is 5.74. The monoisotopic (exact) mass is 235 g/mol. The Labute approximate surface area is 104 Å². The molecule has 0 bridgehead atoms. The van der Waals surface area contributed by atoms with Gasteiger partial charge >= 0.3 is 0 Å². The van der Waals surface area contributed by atoms with Gasteiger partial charge in [-0.05, 0) is 31.1 Å². The van der Waals surface area contributed by atoms with Gasteiger partial charge in [-0.25, -0.2) is 4.98 Å². The minimum atomic E-state index is 0.466. The minimum Gasteiger partial charge on any atom is -0.330 e. The Bertz CT molecular complexity index is 337. The standard InChI is InChI=1S/C14H25N3/c1-11(2)7-13-9-16-10-17(13)14(8-15)12-5-3-4-6-12/h9-12,14H,3-8,15H2,1-2H3. The zero-order valence-corrected chi connectivity index (χ0v) is 11.1. The van der Waals surface area contributed by atoms with Crippen molar-refractivity contribution in [2.75, 3.05) is 6.54 Å². The summed E-state index contributed by atoms with van der Waals surface area (Å²) in [4.78, 5) is 4.32. The van der Waals surface area contributed by atoms with Crippen molar-refractivity contribution in [3.05, 3.63) is 18.2 Å². The first kappa shape index (κ1) is 12.6. The van der Waals surface area contributed by atoms with Crippen LogP contribution in [-0.4, -0.2) is 16.1 Å². The van der Waals surface area contributed by atoms with E-state index in [0.717, 1.165) is 18.9 Å². The SMILES string of the molecule is CC(C)Cc1cncn1C(CN)C1CCCC1. The summed E-state index contributed by atoms with van der Waals surface area (Å²) in [6.07, 6.45) is 10.5. The average molecular weight is 235 g/mol. The highest BCUT2D eigenvalue weighted by Crippen LogP contribution is 2.34. The highest BCUT2D eigenvalue weighted by molar-refractivity contribution is 5.03. The molecule has 0 aromatic carbocycles. The Hall–Kier alpha value is -0.830. The molecule has 0 aliphatic heterocycles. The Morgan fingerprint density at radius 3 is 2.71 bits per heavy atom. The van der Waals surface area contributed by atoms with Gasteiger partial charge in [0, 0.05) is 24.5 Å². The lowest BCUT2D eigenvalue weighted by atomic mass is 9.97. The molecule has 0 saturated heterocycles. The molecule has 1 atom stereocenters. The van der Waals surface area contributed by atoms with E-state index in [1.54, 1.807) is 0 Å². The Kier molecular flexibility index (Phi) is 4.21. The molecule has 1 aliphatic carbocycles. The molecular weight excluding hydrogens is 210 g/mol. The van der Waals surface area contributed by atoms with Crippen LogP contribution in [0.5, 0.6) is 0 Å². The maximum atomic E-state index is 5.99. The van der Waals surface area contributed by atoms with Gasteiger partial charge in [-0.1, -0.05) is 26.7 Å². The van der Waals surface area contributed by atoms with Crippen molar-refractivity contribution in [1.82, 2.24) is 9.55 Å². The normalized spacial score (nSPS) is 19.1. The third-order valence-electron chi connectivity index (χ3n) is 3.91. The van der Waals surface area contributed by atoms with Crippen molar-refractivity contribution in [2.45, 2.75) is 52.0 Å². The predicted molar refractivity (Wildman–Crippen MR) is 70.8 cm³/mol. The summed E-state index contributed by atoms with van der Waals surface area (Å²) in [6, 6.07) is 0.466. The summed E-state index contributed by atoms with van der Waals surface area (Å²) < 4.78 is 2.34. The smallest absolute Gasteiger partial charge is 0.0951 e. The number of hydrogen-bond acceptors (Lipinski definition) is 2. The van der Waals surface area contributed by atoms with E-state index in [-0.39, 0.29) is 0 Å². The fourth-order valence-corrected chi connectivity index (χ4v) is 3.08. The molecular formula is C14H25N3. The summed E-state index contributed by atoms with van der Waals surface area (Å²) in [6.45, 7) is 5.25. The number of imidazole rings is 1. The number of rotatable bonds is 5. The molecule has 2 rings (SSSR count). The molecule has 17 heavy (non-hydrogen) atoms. The van der Waals surface area contributed by atoms with E-state index in [1.165, 1.54) is 31.4 Å². The zero-order chi connectivity index (χ0) is 12.3. The number of hydrogen-bond donors (Lipinski definition) is 1. The number of nitrogens with zero attached hydrogens (tertiary/aromatic N) is 2. The van der Waals surface area contributed by atoms with Gasteiger partial charge in [-0.15, -0.1) is 0 Å². The summed E-state index contributed by atoms with van der Waals surface area (Å²) >= 11 is 0. The topological polar surface area (TPSA) is 43.8 Å². The minimum absolute atomic E-state index is 0.466. The van der Waals surface area contributed by atoms with Crippen molar-refractivity contribution in [3.63, 3.8) is 0 Å². The number of nitrogens with two attached hydrogens (primary N) is 1. The largest absolute Gasteiger partial charge is 0.330 e. The van der Waals surface area contributed by atoms with E-state index < -0.39 is 0 Å². The molecule has 1 aromatic rings. The molecule has 1 aromatic heterocycles. The fourth-order valence-electron chi connectivity index (χ4n) is 3.08. The Balaban J connectivity index is 2.15. The molecule has 1 saturated carbocycles. The van der Waals surface area contributed by atoms with E-state index in [4.69, 9.17) is 5.73 Å². The van der Waals surface area contributed by atoms with Crippen LogP contribution in [0.1, 0.15) is 51.3 Å². The third-order valence-corrected chi connectivity index (χ3v) is 3.91. The van der Waals surface area contributed by atoms with Crippen molar-refractivity contribution < 1.29 is 0 Å². The van der Waals surface area contributed by atoms with Gasteiger partial charge < -0.3 is 10.3 Å². The van der Waals surface area contributed by atoms with Gasteiger partial charge in [0.25, 0.3) is 0 Å². The van der Waals surface area contributed by atoms with Crippen molar-refractivity contribution >= 4 is 0 Å². The zero-order valence-electron chi connectivity index (χ0n) is 11.1. The lowest BCUT2D eigenvalue weighted by Gasteiger charge is -2.25. The van der Waals surface area contributed by atoms with Crippen LogP contribution in [-0.2, 0) is 6.42 Å². The first-order chi connectivity index (χ1) is 8.22. The van der Waals surface area contributed by atoms with Crippen LogP contribution in [0.15, 0.2) is 12.5 Å². The molecule has 0 radical (unpaired) electrons. The first-order valence-corrected chi connectivity index (χ1v) is 6.93. The van der Waals surface area contributed by atoms with Gasteiger partial charge in [0.1, 0.15) is 0 Å². The first-order valence-electron chi connectivity index (χ1n) is 6.93. The van der Waals surface area contributed by atoms with Crippen LogP contribution in [0.25, 0.3) is 0 Å². The van der Waals surface area contributed by atoms with Crippen molar-refractivity contribution in [1.29, 1.82) is 0 Å². The van der Waals surface area contributed by atoms with Crippen LogP contribution in [0, 0.1) is 11.8 Å². The van der Waals surface area contributed by atoms with Crippen LogP contribution < -0.4 is 5.73 Å². The van der Waals surface area contributed by atoms with Gasteiger partial charge in [0.15, 0.2) is 0 Å². The maximum Gasteiger partial charge on any atom is 0.0951 e. The van der Waals surface area contributed by atoms with E-state index >= 15 is 0 Å². The number of aromatic nitrogens is 2. The molecule has 3 nitrogen and oxygen atoms in total. The molecule has 1 aliphatic rings. The molecule has 0 spiro atoms. The maximum absolute atomic E-state index is 5.99. The van der Waals surface area contributed by atoms with E-state index in [1.807, 2.05) is 12.5 Å². The lowest BCUT2D eigenvalue weighted by Crippen LogP contribution is -2.26. The highest BCUT2D eigenvalue weighted by Gasteiger charge is 2.26. The third kappa shape index (κ3) is 2.89. The van der Waals surface area contributed by atoms with Crippen LogP contribution in [0.3, 0.4) is 0 Å². The van der Waals surface area contributed by atoms with Gasteiger partial charge in [-0.2, -0.15) is 0 Å². The van der Waals surface area contributed by atoms with E-state index in [2.05, 4.69) is 23.4 Å². The summed E-state index contributed by atoms with van der Waals surface area (Å²) in [7, 11) is 0. The second-order valence-corrected chi connectivity index (χ2v) is 5.74. The fraction of sp³-hybridized carbons (Fsp3) is 0.786. The Morgan fingerprint density at radius 1 is 1.41 bits per heavy atom. The van der Waals surface area contributed by atoms with Crippen LogP contribution in [0.2, 0.25) is 0 Å². The summed E-state index contributed by atoms with van der Waals surface area (Å²) in [5.74, 6) is 1.44. The average Bonchev–Trinajstić information content (AvgIpc) is 2.91. The van der Waals surface area contributed by atoms with E-state index in [9.17, 15) is 0 Å². The molecule has 1 unspecified atom stereocenters. The van der Waals surface area contributed by atoms with Crippen molar-refractivity contribution in [3.8, 4) is 0 Å². The van der Waals surface area contributed by atoms with Crippen LogP contribution in [0.4, 0.5) is 0 Å². The molecule has 2 N–H and O–H groups in total. The van der Waals surface area contributed by atoms with Crippen molar-refractivity contribution in [2.24, 2.45) is 17.6 Å². The van der Waals surface area contributed by atoms with Gasteiger partial charge in [0.2, 0.25) is 0 Å². The molecule has 1 heterocycles. The lowest BCUT2D eigenvalue weighted by molar-refractivity contribution is 0.332. The predicted octanol–water partition coefficient (Wildman–Crippen LogP) is 2.77. The van der Waals surface area contributed by atoms with E-state index in [0.29, 0.717) is 12.0 Å². The highest BCUT2D eigenvalue weighted by atomic mass is 15.1. The molecule has 96 valence electrons. The summed E-state index contributed by atoms with van der Waals surface area (Å²) in [5.41, 5.74) is 7.34. The Morgan fingerprint density at radius 2 is 2.12 bits per heavy atom. The van der Waals surface area contributed by atoms with Gasteiger partial charge in [0.05, 0.1) is 6.33 Å². The summed E-state index contributed by atoms with van der Waals surface area (Å²) in [5, 5.41) is 0. The second kappa shape index (κ2) is 5.67. The van der Waals surface area contributed by atoms with Gasteiger partial charge in [-0.3, -0.25) is 0 Å².